The lowest BCUT2D eigenvalue weighted by Crippen LogP contribution is -2.11. The summed E-state index contributed by atoms with van der Waals surface area (Å²) in [5.74, 6) is -0.116. The van der Waals surface area contributed by atoms with Gasteiger partial charge in [0.2, 0.25) is 0 Å². The molecule has 0 unspecified atom stereocenters. The molecule has 0 aliphatic carbocycles. The third-order valence-electron chi connectivity index (χ3n) is 3.25. The van der Waals surface area contributed by atoms with Crippen molar-refractivity contribution in [2.24, 2.45) is 0 Å². The first-order valence-corrected chi connectivity index (χ1v) is 7.16. The van der Waals surface area contributed by atoms with E-state index in [1.54, 1.807) is 41.9 Å². The standard InChI is InChI=1S/C15H13N3O2S/c1-9-7-12-13(16-8-17-14(12)21-9)18(2)11-5-3-10(4-6-11)15(19)20/h3-8H,1-2H3,(H,19,20). The van der Waals surface area contributed by atoms with E-state index in [0.29, 0.717) is 0 Å². The van der Waals surface area contributed by atoms with Crippen molar-refractivity contribution in [3.05, 3.63) is 47.1 Å². The van der Waals surface area contributed by atoms with E-state index in [-0.39, 0.29) is 5.56 Å². The molecule has 5 nitrogen and oxygen atoms in total. The molecule has 0 saturated heterocycles. The highest BCUT2D eigenvalue weighted by Gasteiger charge is 2.13. The number of carbonyl (C=O) groups is 1. The SMILES string of the molecule is Cc1cc2c(N(C)c3ccc(C(=O)O)cc3)ncnc2s1. The molecule has 1 N–H and O–H groups in total. The van der Waals surface area contributed by atoms with Gasteiger partial charge in [0.15, 0.2) is 0 Å². The number of aromatic carboxylic acids is 1. The minimum atomic E-state index is -0.929. The highest BCUT2D eigenvalue weighted by atomic mass is 32.1. The number of fused-ring (bicyclic) bond motifs is 1. The molecule has 0 radical (unpaired) electrons. The number of hydrogen-bond acceptors (Lipinski definition) is 5. The molecule has 0 bridgehead atoms. The van der Waals surface area contributed by atoms with Crippen LogP contribution in [-0.2, 0) is 0 Å². The topological polar surface area (TPSA) is 66.3 Å². The lowest BCUT2D eigenvalue weighted by atomic mass is 10.2. The Labute approximate surface area is 125 Å². The van der Waals surface area contributed by atoms with Gasteiger partial charge in [-0.25, -0.2) is 14.8 Å². The van der Waals surface area contributed by atoms with E-state index in [0.717, 1.165) is 21.7 Å². The van der Waals surface area contributed by atoms with Crippen molar-refractivity contribution in [3.63, 3.8) is 0 Å². The number of aromatic nitrogens is 2. The number of carboxylic acids is 1. The molecule has 1 aromatic carbocycles. The van der Waals surface area contributed by atoms with Gasteiger partial charge in [-0.05, 0) is 37.3 Å². The Morgan fingerprint density at radius 1 is 1.24 bits per heavy atom. The lowest BCUT2D eigenvalue weighted by Gasteiger charge is -2.19. The lowest BCUT2D eigenvalue weighted by molar-refractivity contribution is 0.0697. The minimum absolute atomic E-state index is 0.270. The van der Waals surface area contributed by atoms with Crippen LogP contribution >= 0.6 is 11.3 Å². The maximum atomic E-state index is 10.9. The Hall–Kier alpha value is -2.47. The first kappa shape index (κ1) is 13.5. The first-order valence-electron chi connectivity index (χ1n) is 6.34. The number of thiophene rings is 1. The predicted molar refractivity (Wildman–Crippen MR) is 83.6 cm³/mol. The van der Waals surface area contributed by atoms with E-state index in [1.165, 1.54) is 4.88 Å². The average molecular weight is 299 g/mol. The molecule has 0 fully saturated rings. The summed E-state index contributed by atoms with van der Waals surface area (Å²) in [6.45, 7) is 2.04. The van der Waals surface area contributed by atoms with Gasteiger partial charge in [0.1, 0.15) is 17.0 Å². The molecule has 0 saturated carbocycles. The number of nitrogens with zero attached hydrogens (tertiary/aromatic N) is 3. The maximum absolute atomic E-state index is 10.9. The molecule has 106 valence electrons. The van der Waals surface area contributed by atoms with Crippen LogP contribution in [0.25, 0.3) is 10.2 Å². The summed E-state index contributed by atoms with van der Waals surface area (Å²) in [5, 5.41) is 9.95. The van der Waals surface area contributed by atoms with E-state index in [4.69, 9.17) is 5.11 Å². The molecule has 3 aromatic rings. The zero-order valence-corrected chi connectivity index (χ0v) is 12.4. The summed E-state index contributed by atoms with van der Waals surface area (Å²) >= 11 is 1.63. The first-order chi connectivity index (χ1) is 10.1. The normalized spacial score (nSPS) is 10.8. The van der Waals surface area contributed by atoms with Gasteiger partial charge in [-0.3, -0.25) is 0 Å². The zero-order valence-electron chi connectivity index (χ0n) is 11.6. The molecule has 0 spiro atoms. The largest absolute Gasteiger partial charge is 0.478 e. The van der Waals surface area contributed by atoms with Crippen molar-refractivity contribution in [2.45, 2.75) is 6.92 Å². The molecule has 2 aromatic heterocycles. The summed E-state index contributed by atoms with van der Waals surface area (Å²) in [7, 11) is 1.91. The quantitative estimate of drug-likeness (QED) is 0.802. The highest BCUT2D eigenvalue weighted by molar-refractivity contribution is 7.18. The molecule has 6 heteroatoms. The average Bonchev–Trinajstić information content (AvgIpc) is 2.86. The van der Waals surface area contributed by atoms with Gasteiger partial charge < -0.3 is 10.0 Å². The van der Waals surface area contributed by atoms with Crippen LogP contribution in [0.15, 0.2) is 36.7 Å². The van der Waals surface area contributed by atoms with Crippen LogP contribution in [0.2, 0.25) is 0 Å². The fourth-order valence-corrected chi connectivity index (χ4v) is 3.02. The van der Waals surface area contributed by atoms with Gasteiger partial charge in [0, 0.05) is 17.6 Å². The van der Waals surface area contributed by atoms with E-state index >= 15 is 0 Å². The second-order valence-electron chi connectivity index (χ2n) is 4.68. The Kier molecular flexibility index (Phi) is 3.31. The van der Waals surface area contributed by atoms with E-state index in [1.807, 2.05) is 18.9 Å². The summed E-state index contributed by atoms with van der Waals surface area (Å²) in [6.07, 6.45) is 1.55. The van der Waals surface area contributed by atoms with Crippen LogP contribution in [0.5, 0.6) is 0 Å². The van der Waals surface area contributed by atoms with Gasteiger partial charge >= 0.3 is 5.97 Å². The van der Waals surface area contributed by atoms with Crippen molar-refractivity contribution in [1.82, 2.24) is 9.97 Å². The Morgan fingerprint density at radius 3 is 2.62 bits per heavy atom. The number of aryl methyl sites for hydroxylation is 1. The Morgan fingerprint density at radius 2 is 1.95 bits per heavy atom. The van der Waals surface area contributed by atoms with Crippen LogP contribution < -0.4 is 4.90 Å². The molecular formula is C15H13N3O2S. The molecule has 2 heterocycles. The molecule has 21 heavy (non-hydrogen) atoms. The van der Waals surface area contributed by atoms with E-state index in [9.17, 15) is 4.79 Å². The van der Waals surface area contributed by atoms with Crippen molar-refractivity contribution in [2.75, 3.05) is 11.9 Å². The monoisotopic (exact) mass is 299 g/mol. The number of anilines is 2. The minimum Gasteiger partial charge on any atom is -0.478 e. The fraction of sp³-hybridized carbons (Fsp3) is 0.133. The summed E-state index contributed by atoms with van der Waals surface area (Å²) in [6, 6.07) is 8.79. The third-order valence-corrected chi connectivity index (χ3v) is 4.21. The van der Waals surface area contributed by atoms with Crippen molar-refractivity contribution < 1.29 is 9.90 Å². The molecule has 0 aliphatic heterocycles. The van der Waals surface area contributed by atoms with Gasteiger partial charge in [-0.2, -0.15) is 0 Å². The van der Waals surface area contributed by atoms with E-state index in [2.05, 4.69) is 16.0 Å². The number of hydrogen-bond donors (Lipinski definition) is 1. The smallest absolute Gasteiger partial charge is 0.335 e. The van der Waals surface area contributed by atoms with Crippen molar-refractivity contribution in [1.29, 1.82) is 0 Å². The van der Waals surface area contributed by atoms with Gasteiger partial charge in [-0.1, -0.05) is 0 Å². The number of carboxylic acid groups (broad SMARTS) is 1. The van der Waals surface area contributed by atoms with Crippen LogP contribution in [0, 0.1) is 6.92 Å². The Bertz CT molecular complexity index is 811. The zero-order chi connectivity index (χ0) is 15.0. The summed E-state index contributed by atoms with van der Waals surface area (Å²) in [5.41, 5.74) is 1.15. The van der Waals surface area contributed by atoms with Gasteiger partial charge in [0.05, 0.1) is 10.9 Å². The third kappa shape index (κ3) is 2.45. The fourth-order valence-electron chi connectivity index (χ4n) is 2.18. The van der Waals surface area contributed by atoms with Crippen LogP contribution in [0.4, 0.5) is 11.5 Å². The summed E-state index contributed by atoms with van der Waals surface area (Å²) in [4.78, 5) is 23.6. The van der Waals surface area contributed by atoms with Gasteiger partial charge in [-0.15, -0.1) is 11.3 Å². The van der Waals surface area contributed by atoms with Crippen LogP contribution in [0.1, 0.15) is 15.2 Å². The second-order valence-corrected chi connectivity index (χ2v) is 5.92. The molecule has 0 aliphatic rings. The molecule has 0 amide bonds. The van der Waals surface area contributed by atoms with Crippen LogP contribution in [-0.4, -0.2) is 28.1 Å². The highest BCUT2D eigenvalue weighted by Crippen LogP contribution is 2.32. The van der Waals surface area contributed by atoms with Crippen LogP contribution in [0.3, 0.4) is 0 Å². The Balaban J connectivity index is 2.03. The summed E-state index contributed by atoms with van der Waals surface area (Å²) < 4.78 is 0. The van der Waals surface area contributed by atoms with E-state index < -0.39 is 5.97 Å². The molecule has 3 rings (SSSR count). The molecule has 0 atom stereocenters. The van der Waals surface area contributed by atoms with Crippen molar-refractivity contribution in [3.8, 4) is 0 Å². The molecular weight excluding hydrogens is 286 g/mol. The maximum Gasteiger partial charge on any atom is 0.335 e. The number of benzene rings is 1. The van der Waals surface area contributed by atoms with Gasteiger partial charge in [0.25, 0.3) is 0 Å². The number of rotatable bonds is 3. The second kappa shape index (κ2) is 5.14. The van der Waals surface area contributed by atoms with Crippen molar-refractivity contribution >= 4 is 39.0 Å². The predicted octanol–water partition coefficient (Wildman–Crippen LogP) is 3.47.